The van der Waals surface area contributed by atoms with Gasteiger partial charge in [0.25, 0.3) is 0 Å². The zero-order valence-corrected chi connectivity index (χ0v) is 13.3. The summed E-state index contributed by atoms with van der Waals surface area (Å²) in [6, 6.07) is 10.5. The monoisotopic (exact) mass is 323 g/mol. The first-order valence-electron chi connectivity index (χ1n) is 7.00. The Balaban J connectivity index is 1.99. The summed E-state index contributed by atoms with van der Waals surface area (Å²) < 4.78 is 0. The van der Waals surface area contributed by atoms with Crippen molar-refractivity contribution in [3.05, 3.63) is 35.9 Å². The number of benzene rings is 1. The minimum absolute atomic E-state index is 0.0113. The van der Waals surface area contributed by atoms with Crippen LogP contribution in [0.5, 0.6) is 0 Å². The normalized spacial score (nSPS) is 20.7. The van der Waals surface area contributed by atoms with E-state index < -0.39 is 0 Å². The molecular formula is C16H22BrNO. The van der Waals surface area contributed by atoms with Crippen molar-refractivity contribution in [3.63, 3.8) is 0 Å². The van der Waals surface area contributed by atoms with Gasteiger partial charge in [0.1, 0.15) is 0 Å². The van der Waals surface area contributed by atoms with Crippen molar-refractivity contribution in [2.24, 2.45) is 0 Å². The third kappa shape index (κ3) is 3.59. The van der Waals surface area contributed by atoms with E-state index in [1.54, 1.807) is 0 Å². The summed E-state index contributed by atoms with van der Waals surface area (Å²) in [6.07, 6.45) is 4.08. The van der Waals surface area contributed by atoms with Crippen LogP contribution in [0.4, 0.5) is 0 Å². The summed E-state index contributed by atoms with van der Waals surface area (Å²) in [5, 5.41) is 0. The first kappa shape index (κ1) is 14.6. The molecule has 0 bridgehead atoms. The van der Waals surface area contributed by atoms with E-state index in [1.165, 1.54) is 5.56 Å². The van der Waals surface area contributed by atoms with Crippen LogP contribution >= 0.6 is 15.9 Å². The molecule has 3 heteroatoms. The summed E-state index contributed by atoms with van der Waals surface area (Å²) in [5.74, 6) is 0.254. The first-order valence-corrected chi connectivity index (χ1v) is 7.92. The first-order chi connectivity index (χ1) is 9.00. The van der Waals surface area contributed by atoms with Crippen LogP contribution in [-0.4, -0.2) is 27.7 Å². The minimum atomic E-state index is -0.0701. The van der Waals surface area contributed by atoms with Crippen molar-refractivity contribution < 1.29 is 4.79 Å². The second-order valence-electron chi connectivity index (χ2n) is 5.90. The van der Waals surface area contributed by atoms with Crippen LogP contribution in [0.1, 0.15) is 38.7 Å². The number of carbonyl (C=O) groups excluding carboxylic acids is 1. The topological polar surface area (TPSA) is 20.3 Å². The predicted octanol–water partition coefficient (Wildman–Crippen LogP) is 3.78. The molecule has 104 valence electrons. The van der Waals surface area contributed by atoms with Crippen molar-refractivity contribution in [2.45, 2.75) is 49.9 Å². The zero-order valence-electron chi connectivity index (χ0n) is 11.7. The lowest BCUT2D eigenvalue weighted by Gasteiger charge is -2.42. The van der Waals surface area contributed by atoms with Gasteiger partial charge in [0, 0.05) is 12.1 Å². The molecule has 1 saturated heterocycles. The highest BCUT2D eigenvalue weighted by atomic mass is 79.9. The Bertz CT molecular complexity index is 430. The van der Waals surface area contributed by atoms with Gasteiger partial charge in [0.2, 0.25) is 5.91 Å². The molecule has 1 aromatic carbocycles. The maximum absolute atomic E-state index is 12.3. The lowest BCUT2D eigenvalue weighted by Crippen LogP contribution is -2.53. The van der Waals surface area contributed by atoms with Crippen molar-refractivity contribution in [2.75, 3.05) is 6.54 Å². The molecule has 0 saturated carbocycles. The number of likely N-dealkylation sites (tertiary alicyclic amines) is 1. The van der Waals surface area contributed by atoms with E-state index in [1.807, 2.05) is 6.07 Å². The van der Waals surface area contributed by atoms with E-state index in [2.05, 4.69) is 58.9 Å². The highest BCUT2D eigenvalue weighted by molar-refractivity contribution is 9.10. The quantitative estimate of drug-likeness (QED) is 0.772. The van der Waals surface area contributed by atoms with Crippen LogP contribution in [0.25, 0.3) is 0 Å². The van der Waals surface area contributed by atoms with E-state index >= 15 is 0 Å². The van der Waals surface area contributed by atoms with Crippen LogP contribution in [0.2, 0.25) is 0 Å². The van der Waals surface area contributed by atoms with Crippen molar-refractivity contribution in [1.29, 1.82) is 0 Å². The number of hydrogen-bond acceptors (Lipinski definition) is 1. The van der Waals surface area contributed by atoms with Gasteiger partial charge in [0.05, 0.1) is 4.83 Å². The van der Waals surface area contributed by atoms with Crippen molar-refractivity contribution in [1.82, 2.24) is 4.90 Å². The number of rotatable bonds is 4. The number of piperidine rings is 1. The van der Waals surface area contributed by atoms with Crippen LogP contribution in [0.3, 0.4) is 0 Å². The third-order valence-electron chi connectivity index (χ3n) is 3.97. The van der Waals surface area contributed by atoms with E-state index in [-0.39, 0.29) is 16.3 Å². The van der Waals surface area contributed by atoms with E-state index in [9.17, 15) is 4.79 Å². The number of alkyl halides is 1. The number of hydrogen-bond donors (Lipinski definition) is 0. The lowest BCUT2D eigenvalue weighted by molar-refractivity contribution is -0.138. The van der Waals surface area contributed by atoms with Gasteiger partial charge in [-0.3, -0.25) is 4.79 Å². The van der Waals surface area contributed by atoms with Gasteiger partial charge in [-0.1, -0.05) is 46.3 Å². The summed E-state index contributed by atoms with van der Waals surface area (Å²) in [7, 11) is 0. The van der Waals surface area contributed by atoms with Gasteiger partial charge >= 0.3 is 0 Å². The van der Waals surface area contributed by atoms with Gasteiger partial charge in [-0.2, -0.15) is 0 Å². The molecule has 2 rings (SSSR count). The Morgan fingerprint density at radius 1 is 1.32 bits per heavy atom. The second kappa shape index (κ2) is 6.08. The molecule has 1 aliphatic rings. The fourth-order valence-corrected chi connectivity index (χ4v) is 3.23. The largest absolute Gasteiger partial charge is 0.337 e. The van der Waals surface area contributed by atoms with Crippen LogP contribution in [0.15, 0.2) is 30.3 Å². The Morgan fingerprint density at radius 2 is 2.00 bits per heavy atom. The molecule has 1 heterocycles. The van der Waals surface area contributed by atoms with Gasteiger partial charge < -0.3 is 4.90 Å². The molecule has 0 radical (unpaired) electrons. The van der Waals surface area contributed by atoms with Gasteiger partial charge in [-0.25, -0.2) is 0 Å². The predicted molar refractivity (Wildman–Crippen MR) is 82.5 cm³/mol. The number of nitrogens with zero attached hydrogens (tertiary/aromatic N) is 1. The Hall–Kier alpha value is -0.830. The van der Waals surface area contributed by atoms with Gasteiger partial charge in [0.15, 0.2) is 0 Å². The molecule has 1 amide bonds. The van der Waals surface area contributed by atoms with Gasteiger partial charge in [-0.15, -0.1) is 0 Å². The van der Waals surface area contributed by atoms with E-state index in [0.29, 0.717) is 0 Å². The molecule has 0 spiro atoms. The SMILES string of the molecule is CC(C)(CCc1ccccc1)N1CCCC(Br)C1=O. The van der Waals surface area contributed by atoms with Crippen molar-refractivity contribution in [3.8, 4) is 0 Å². The van der Waals surface area contributed by atoms with Crippen LogP contribution in [0, 0.1) is 0 Å². The number of halogens is 1. The summed E-state index contributed by atoms with van der Waals surface area (Å²) >= 11 is 3.49. The number of carbonyl (C=O) groups is 1. The lowest BCUT2D eigenvalue weighted by atomic mass is 9.91. The highest BCUT2D eigenvalue weighted by Gasteiger charge is 2.35. The summed E-state index contributed by atoms with van der Waals surface area (Å²) in [6.45, 7) is 5.25. The van der Waals surface area contributed by atoms with Crippen LogP contribution < -0.4 is 0 Å². The van der Waals surface area contributed by atoms with Crippen LogP contribution in [-0.2, 0) is 11.2 Å². The van der Waals surface area contributed by atoms with E-state index in [0.717, 1.165) is 32.2 Å². The third-order valence-corrected chi connectivity index (χ3v) is 4.82. The number of aryl methyl sites for hydroxylation is 1. The molecule has 0 aliphatic carbocycles. The molecule has 1 unspecified atom stereocenters. The fourth-order valence-electron chi connectivity index (χ4n) is 2.66. The maximum Gasteiger partial charge on any atom is 0.236 e. The molecule has 19 heavy (non-hydrogen) atoms. The maximum atomic E-state index is 12.3. The molecule has 1 fully saturated rings. The Morgan fingerprint density at radius 3 is 2.68 bits per heavy atom. The van der Waals surface area contributed by atoms with E-state index in [4.69, 9.17) is 0 Å². The summed E-state index contributed by atoms with van der Waals surface area (Å²) in [5.41, 5.74) is 1.27. The molecule has 0 aromatic heterocycles. The fraction of sp³-hybridized carbons (Fsp3) is 0.562. The molecule has 0 N–H and O–H groups in total. The molecule has 1 atom stereocenters. The minimum Gasteiger partial charge on any atom is -0.337 e. The van der Waals surface area contributed by atoms with Crippen molar-refractivity contribution >= 4 is 21.8 Å². The molecular weight excluding hydrogens is 302 g/mol. The summed E-state index contributed by atoms with van der Waals surface area (Å²) in [4.78, 5) is 14.3. The Labute approximate surface area is 124 Å². The molecule has 2 nitrogen and oxygen atoms in total. The van der Waals surface area contributed by atoms with Gasteiger partial charge in [-0.05, 0) is 45.1 Å². The zero-order chi connectivity index (χ0) is 13.9. The smallest absolute Gasteiger partial charge is 0.236 e. The highest BCUT2D eigenvalue weighted by Crippen LogP contribution is 2.28. The Kier molecular flexibility index (Phi) is 4.67. The molecule has 1 aromatic rings. The number of amides is 1. The standard InChI is InChI=1S/C16H22BrNO/c1-16(2,11-10-13-7-4-3-5-8-13)18-12-6-9-14(17)15(18)19/h3-5,7-8,14H,6,9-12H2,1-2H3. The second-order valence-corrected chi connectivity index (χ2v) is 7.00. The molecule has 1 aliphatic heterocycles. The average Bonchev–Trinajstić information content (AvgIpc) is 2.41. The average molecular weight is 324 g/mol.